The molecule has 0 aliphatic rings. The van der Waals surface area contributed by atoms with Crippen molar-refractivity contribution in [1.82, 2.24) is 0 Å². The summed E-state index contributed by atoms with van der Waals surface area (Å²) in [6.45, 7) is 2.01. The van der Waals surface area contributed by atoms with Gasteiger partial charge in [-0.15, -0.1) is 0 Å². The highest BCUT2D eigenvalue weighted by Crippen LogP contribution is 2.28. The van der Waals surface area contributed by atoms with Crippen LogP contribution >= 0.6 is 0 Å². The minimum Gasteiger partial charge on any atom is -0.494 e. The summed E-state index contributed by atoms with van der Waals surface area (Å²) in [6.07, 6.45) is 2.04. The van der Waals surface area contributed by atoms with Crippen molar-refractivity contribution < 1.29 is 14.3 Å². The van der Waals surface area contributed by atoms with Crippen molar-refractivity contribution in [3.63, 3.8) is 0 Å². The van der Waals surface area contributed by atoms with Gasteiger partial charge in [0.05, 0.1) is 12.8 Å². The zero-order chi connectivity index (χ0) is 15.0. The summed E-state index contributed by atoms with van der Waals surface area (Å²) < 4.78 is 5.18. The molecule has 6 nitrogen and oxygen atoms in total. The molecule has 0 radical (unpaired) electrons. The highest BCUT2D eigenvalue weighted by Gasteiger charge is 2.08. The second-order valence-corrected chi connectivity index (χ2v) is 4.39. The molecule has 0 bridgehead atoms. The van der Waals surface area contributed by atoms with Gasteiger partial charge in [-0.1, -0.05) is 0 Å². The van der Waals surface area contributed by atoms with E-state index in [2.05, 4.69) is 10.6 Å². The molecule has 0 saturated heterocycles. The lowest BCUT2D eigenvalue weighted by Gasteiger charge is -2.11. The zero-order valence-electron chi connectivity index (χ0n) is 11.9. The fraction of sp³-hybridized carbons (Fsp3) is 0.429. The van der Waals surface area contributed by atoms with Crippen molar-refractivity contribution in [1.29, 1.82) is 0 Å². The Morgan fingerprint density at radius 1 is 1.25 bits per heavy atom. The smallest absolute Gasteiger partial charge is 0.224 e. The van der Waals surface area contributed by atoms with E-state index in [4.69, 9.17) is 10.5 Å². The first-order valence-corrected chi connectivity index (χ1v) is 6.52. The number of methoxy groups -OCH3 is 1. The third kappa shape index (κ3) is 5.27. The molecule has 0 aliphatic heterocycles. The van der Waals surface area contributed by atoms with Crippen LogP contribution in [0.15, 0.2) is 18.2 Å². The van der Waals surface area contributed by atoms with Gasteiger partial charge in [0.2, 0.25) is 11.8 Å². The molecule has 0 saturated carbocycles. The minimum absolute atomic E-state index is 0.0622. The molecule has 6 heteroatoms. The molecule has 1 aromatic carbocycles. The summed E-state index contributed by atoms with van der Waals surface area (Å²) in [6, 6.07) is 5.08. The number of hydrogen-bond donors (Lipinski definition) is 3. The molecule has 20 heavy (non-hydrogen) atoms. The quantitative estimate of drug-likeness (QED) is 0.662. The number of benzene rings is 1. The monoisotopic (exact) mass is 279 g/mol. The van der Waals surface area contributed by atoms with Crippen LogP contribution in [0.25, 0.3) is 0 Å². The molecule has 0 unspecified atom stereocenters. The van der Waals surface area contributed by atoms with E-state index in [-0.39, 0.29) is 11.8 Å². The molecule has 4 N–H and O–H groups in total. The van der Waals surface area contributed by atoms with Crippen LogP contribution in [0.1, 0.15) is 26.2 Å². The lowest BCUT2D eigenvalue weighted by Crippen LogP contribution is -2.12. The molecular weight excluding hydrogens is 258 g/mol. The van der Waals surface area contributed by atoms with Crippen LogP contribution in [0, 0.1) is 0 Å². The summed E-state index contributed by atoms with van der Waals surface area (Å²) in [5, 5.41) is 5.44. The molecule has 0 aliphatic carbocycles. The van der Waals surface area contributed by atoms with Gasteiger partial charge in [0, 0.05) is 25.1 Å². The Balaban J connectivity index is 2.67. The van der Waals surface area contributed by atoms with Crippen LogP contribution in [-0.4, -0.2) is 25.5 Å². The third-order valence-electron chi connectivity index (χ3n) is 2.65. The van der Waals surface area contributed by atoms with Crippen molar-refractivity contribution in [3.8, 4) is 5.75 Å². The standard InChI is InChI=1S/C14H21N3O3/c1-10(18)16-12-7-6-11(9-13(12)20-2)17-14(19)5-3-4-8-15/h6-7,9H,3-5,8,15H2,1-2H3,(H,16,18)(H,17,19). The highest BCUT2D eigenvalue weighted by atomic mass is 16.5. The molecule has 1 aromatic rings. The van der Waals surface area contributed by atoms with Crippen LogP contribution in [-0.2, 0) is 9.59 Å². The van der Waals surface area contributed by atoms with Gasteiger partial charge in [-0.3, -0.25) is 9.59 Å². The van der Waals surface area contributed by atoms with E-state index >= 15 is 0 Å². The van der Waals surface area contributed by atoms with Crippen molar-refractivity contribution in [3.05, 3.63) is 18.2 Å². The molecule has 0 fully saturated rings. The Morgan fingerprint density at radius 2 is 2.00 bits per heavy atom. The van der Waals surface area contributed by atoms with E-state index in [0.29, 0.717) is 30.1 Å². The highest BCUT2D eigenvalue weighted by molar-refractivity contribution is 5.93. The molecule has 110 valence electrons. The number of anilines is 2. The van der Waals surface area contributed by atoms with E-state index in [1.165, 1.54) is 14.0 Å². The number of carbonyl (C=O) groups is 2. The zero-order valence-corrected chi connectivity index (χ0v) is 11.9. The van der Waals surface area contributed by atoms with Crippen LogP contribution in [0.2, 0.25) is 0 Å². The number of nitrogens with two attached hydrogens (primary N) is 1. The first-order valence-electron chi connectivity index (χ1n) is 6.52. The van der Waals surface area contributed by atoms with Gasteiger partial charge in [-0.05, 0) is 31.5 Å². The third-order valence-corrected chi connectivity index (χ3v) is 2.65. The van der Waals surface area contributed by atoms with Crippen LogP contribution < -0.4 is 21.1 Å². The maximum Gasteiger partial charge on any atom is 0.224 e. The topological polar surface area (TPSA) is 93.4 Å². The number of carbonyl (C=O) groups excluding carboxylic acids is 2. The normalized spacial score (nSPS) is 9.95. The first kappa shape index (κ1) is 16.0. The van der Waals surface area contributed by atoms with Gasteiger partial charge < -0.3 is 21.1 Å². The Labute approximate surface area is 118 Å². The lowest BCUT2D eigenvalue weighted by molar-refractivity contribution is -0.116. The summed E-state index contributed by atoms with van der Waals surface area (Å²) >= 11 is 0. The molecular formula is C14H21N3O3. The predicted molar refractivity (Wildman–Crippen MR) is 78.8 cm³/mol. The second kappa shape index (κ2) is 8.16. The van der Waals surface area contributed by atoms with Crippen LogP contribution in [0.5, 0.6) is 5.75 Å². The summed E-state index contributed by atoms with van der Waals surface area (Å²) in [7, 11) is 1.51. The van der Waals surface area contributed by atoms with Gasteiger partial charge in [-0.25, -0.2) is 0 Å². The molecule has 0 atom stereocenters. The van der Waals surface area contributed by atoms with E-state index in [0.717, 1.165) is 12.8 Å². The molecule has 2 amide bonds. The average Bonchev–Trinajstić information content (AvgIpc) is 2.40. The van der Waals surface area contributed by atoms with E-state index in [1.807, 2.05) is 0 Å². The van der Waals surface area contributed by atoms with Gasteiger partial charge >= 0.3 is 0 Å². The number of rotatable bonds is 7. The SMILES string of the molecule is COc1cc(NC(=O)CCCCN)ccc1NC(C)=O. The Morgan fingerprint density at radius 3 is 2.60 bits per heavy atom. The summed E-state index contributed by atoms with van der Waals surface area (Å²) in [5.41, 5.74) is 6.58. The Kier molecular flexibility index (Phi) is 6.52. The molecule has 0 heterocycles. The van der Waals surface area contributed by atoms with E-state index in [9.17, 15) is 9.59 Å². The number of nitrogens with one attached hydrogen (secondary N) is 2. The van der Waals surface area contributed by atoms with Crippen molar-refractivity contribution in [2.24, 2.45) is 5.73 Å². The Bertz CT molecular complexity index is 475. The number of ether oxygens (including phenoxy) is 1. The predicted octanol–water partition coefficient (Wildman–Crippen LogP) is 1.72. The largest absolute Gasteiger partial charge is 0.494 e. The first-order chi connectivity index (χ1) is 9.56. The average molecular weight is 279 g/mol. The van der Waals surface area contributed by atoms with Crippen molar-refractivity contribution >= 4 is 23.2 Å². The maximum atomic E-state index is 11.7. The van der Waals surface area contributed by atoms with Gasteiger partial charge in [0.25, 0.3) is 0 Å². The van der Waals surface area contributed by atoms with Crippen molar-refractivity contribution in [2.75, 3.05) is 24.3 Å². The molecule has 1 rings (SSSR count). The van der Waals surface area contributed by atoms with E-state index < -0.39 is 0 Å². The number of unbranched alkanes of at least 4 members (excludes halogenated alkanes) is 1. The van der Waals surface area contributed by atoms with Gasteiger partial charge in [0.15, 0.2) is 0 Å². The second-order valence-electron chi connectivity index (χ2n) is 4.39. The Hall–Kier alpha value is -2.08. The van der Waals surface area contributed by atoms with Crippen molar-refractivity contribution in [2.45, 2.75) is 26.2 Å². The fourth-order valence-electron chi connectivity index (χ4n) is 1.72. The summed E-state index contributed by atoms with van der Waals surface area (Å²) in [4.78, 5) is 22.7. The fourth-order valence-corrected chi connectivity index (χ4v) is 1.72. The number of amides is 2. The number of hydrogen-bond acceptors (Lipinski definition) is 4. The summed E-state index contributed by atoms with van der Waals surface area (Å²) in [5.74, 6) is 0.259. The molecule has 0 aromatic heterocycles. The van der Waals surface area contributed by atoms with Crippen LogP contribution in [0.3, 0.4) is 0 Å². The lowest BCUT2D eigenvalue weighted by atomic mass is 10.2. The minimum atomic E-state index is -0.179. The van der Waals surface area contributed by atoms with E-state index in [1.54, 1.807) is 18.2 Å². The molecule has 0 spiro atoms. The van der Waals surface area contributed by atoms with Crippen LogP contribution in [0.4, 0.5) is 11.4 Å². The van der Waals surface area contributed by atoms with Gasteiger partial charge in [0.1, 0.15) is 5.75 Å². The maximum absolute atomic E-state index is 11.7. The van der Waals surface area contributed by atoms with Gasteiger partial charge in [-0.2, -0.15) is 0 Å².